The minimum absolute atomic E-state index is 0.132. The van der Waals surface area contributed by atoms with Gasteiger partial charge in [-0.05, 0) is 37.0 Å². The van der Waals surface area contributed by atoms with Crippen LogP contribution in [0, 0.1) is 11.7 Å². The Bertz CT molecular complexity index is 449. The smallest absolute Gasteiger partial charge is 0.124 e. The van der Waals surface area contributed by atoms with Gasteiger partial charge in [-0.25, -0.2) is 4.39 Å². The van der Waals surface area contributed by atoms with Crippen LogP contribution in [0.2, 0.25) is 0 Å². The summed E-state index contributed by atoms with van der Waals surface area (Å²) in [4.78, 5) is 0.469. The van der Waals surface area contributed by atoms with Crippen molar-refractivity contribution in [2.45, 2.75) is 49.2 Å². The van der Waals surface area contributed by atoms with Gasteiger partial charge in [-0.2, -0.15) is 0 Å². The van der Waals surface area contributed by atoms with Crippen LogP contribution in [0.4, 0.5) is 10.1 Å². The van der Waals surface area contributed by atoms with E-state index in [1.54, 1.807) is 0 Å². The molecule has 0 bridgehead atoms. The fourth-order valence-electron chi connectivity index (χ4n) is 2.67. The van der Waals surface area contributed by atoms with Gasteiger partial charge in [0.25, 0.3) is 0 Å². The van der Waals surface area contributed by atoms with Crippen LogP contribution in [0.5, 0.6) is 0 Å². The lowest BCUT2D eigenvalue weighted by Gasteiger charge is -2.28. The number of halogens is 1. The van der Waals surface area contributed by atoms with Crippen molar-refractivity contribution in [3.05, 3.63) is 24.0 Å². The van der Waals surface area contributed by atoms with Crippen molar-refractivity contribution in [2.24, 2.45) is 5.92 Å². The van der Waals surface area contributed by atoms with E-state index in [2.05, 4.69) is 6.92 Å². The first kappa shape index (κ1) is 13.5. The molecule has 100 valence electrons. The Hall–Kier alpha value is -0.900. The predicted molar refractivity (Wildman–Crippen MR) is 73.3 cm³/mol. The lowest BCUT2D eigenvalue weighted by atomic mass is 9.87. The first-order valence-corrected chi connectivity index (χ1v) is 7.78. The molecule has 18 heavy (non-hydrogen) atoms. The van der Waals surface area contributed by atoms with Crippen molar-refractivity contribution < 1.29 is 8.60 Å². The van der Waals surface area contributed by atoms with E-state index in [-0.39, 0.29) is 11.1 Å². The average Bonchev–Trinajstić information content (AvgIpc) is 2.41. The molecule has 0 aliphatic heterocycles. The fourth-order valence-corrected chi connectivity index (χ4v) is 4.38. The monoisotopic (exact) mass is 269 g/mol. The van der Waals surface area contributed by atoms with E-state index >= 15 is 0 Å². The Labute approximate surface area is 110 Å². The molecule has 0 heterocycles. The molecule has 0 aromatic heterocycles. The molecule has 1 aromatic rings. The Kier molecular flexibility index (Phi) is 4.38. The SMILES string of the molecule is CCC1CCCC(S(=O)c2cc(F)ccc2N)C1. The summed E-state index contributed by atoms with van der Waals surface area (Å²) in [5, 5.41) is 0.132. The first-order valence-electron chi connectivity index (χ1n) is 6.57. The summed E-state index contributed by atoms with van der Waals surface area (Å²) in [7, 11) is -1.18. The number of hydrogen-bond acceptors (Lipinski definition) is 2. The molecule has 1 fully saturated rings. The third-order valence-corrected chi connectivity index (χ3v) is 5.63. The van der Waals surface area contributed by atoms with Crippen molar-refractivity contribution in [2.75, 3.05) is 5.73 Å². The van der Waals surface area contributed by atoms with E-state index in [9.17, 15) is 8.60 Å². The largest absolute Gasteiger partial charge is 0.398 e. The van der Waals surface area contributed by atoms with Gasteiger partial charge in [-0.1, -0.05) is 26.2 Å². The van der Waals surface area contributed by atoms with Gasteiger partial charge in [-0.3, -0.25) is 4.21 Å². The maximum Gasteiger partial charge on any atom is 0.124 e. The molecule has 2 N–H and O–H groups in total. The van der Waals surface area contributed by atoms with Crippen molar-refractivity contribution in [1.82, 2.24) is 0 Å². The Balaban J connectivity index is 2.17. The molecule has 3 atom stereocenters. The van der Waals surface area contributed by atoms with Gasteiger partial charge in [0.05, 0.1) is 15.7 Å². The molecule has 0 radical (unpaired) electrons. The molecular weight excluding hydrogens is 249 g/mol. The summed E-state index contributed by atoms with van der Waals surface area (Å²) in [5.74, 6) is 0.290. The maximum atomic E-state index is 13.2. The summed E-state index contributed by atoms with van der Waals surface area (Å²) in [6.07, 6.45) is 5.40. The standard InChI is InChI=1S/C14H20FNOS/c1-2-10-4-3-5-12(8-10)18(17)14-9-11(15)6-7-13(14)16/h6-7,9-10,12H,2-5,8,16H2,1H3. The Morgan fingerprint density at radius 1 is 1.44 bits per heavy atom. The van der Waals surface area contributed by atoms with Crippen molar-refractivity contribution in [3.63, 3.8) is 0 Å². The summed E-state index contributed by atoms with van der Waals surface area (Å²) < 4.78 is 25.7. The lowest BCUT2D eigenvalue weighted by Crippen LogP contribution is -2.24. The molecule has 4 heteroatoms. The Morgan fingerprint density at radius 2 is 2.22 bits per heavy atom. The van der Waals surface area contributed by atoms with Gasteiger partial charge < -0.3 is 5.73 Å². The molecule has 0 saturated heterocycles. The second kappa shape index (κ2) is 5.83. The second-order valence-corrected chi connectivity index (χ2v) is 6.74. The van der Waals surface area contributed by atoms with Crippen molar-refractivity contribution in [3.8, 4) is 0 Å². The van der Waals surface area contributed by atoms with E-state index in [0.29, 0.717) is 16.5 Å². The number of anilines is 1. The van der Waals surface area contributed by atoms with Gasteiger partial charge in [-0.15, -0.1) is 0 Å². The lowest BCUT2D eigenvalue weighted by molar-refractivity contribution is 0.353. The summed E-state index contributed by atoms with van der Waals surface area (Å²) in [6, 6.07) is 4.13. The van der Waals surface area contributed by atoms with Crippen LogP contribution < -0.4 is 5.73 Å². The van der Waals surface area contributed by atoms with Crippen LogP contribution >= 0.6 is 0 Å². The van der Waals surface area contributed by atoms with Crippen LogP contribution in [0.25, 0.3) is 0 Å². The van der Waals surface area contributed by atoms with Gasteiger partial charge >= 0.3 is 0 Å². The molecule has 1 saturated carbocycles. The molecule has 1 aliphatic carbocycles. The first-order chi connectivity index (χ1) is 8.61. The van der Waals surface area contributed by atoms with E-state index in [0.717, 1.165) is 25.7 Å². The van der Waals surface area contributed by atoms with E-state index < -0.39 is 10.8 Å². The molecule has 1 aromatic carbocycles. The minimum Gasteiger partial charge on any atom is -0.398 e. The fraction of sp³-hybridized carbons (Fsp3) is 0.571. The normalized spacial score (nSPS) is 25.9. The third-order valence-electron chi connectivity index (χ3n) is 3.81. The van der Waals surface area contributed by atoms with E-state index in [1.807, 2.05) is 0 Å². The third kappa shape index (κ3) is 2.91. The van der Waals surface area contributed by atoms with E-state index in [4.69, 9.17) is 5.73 Å². The number of benzene rings is 1. The van der Waals surface area contributed by atoms with Crippen LogP contribution in [0.1, 0.15) is 39.0 Å². The predicted octanol–water partition coefficient (Wildman–Crippen LogP) is 3.48. The highest BCUT2D eigenvalue weighted by Crippen LogP contribution is 2.33. The summed E-state index contributed by atoms with van der Waals surface area (Å²) in [5.41, 5.74) is 6.24. The zero-order valence-electron chi connectivity index (χ0n) is 10.7. The molecule has 1 aliphatic rings. The highest BCUT2D eigenvalue weighted by molar-refractivity contribution is 7.85. The molecule has 0 spiro atoms. The zero-order chi connectivity index (χ0) is 13.1. The summed E-state index contributed by atoms with van der Waals surface area (Å²) in [6.45, 7) is 2.17. The molecular formula is C14H20FNOS. The quantitative estimate of drug-likeness (QED) is 0.854. The number of nitrogens with two attached hydrogens (primary N) is 1. The summed E-state index contributed by atoms with van der Waals surface area (Å²) >= 11 is 0. The van der Waals surface area contributed by atoms with Crippen LogP contribution in [-0.4, -0.2) is 9.46 Å². The Morgan fingerprint density at radius 3 is 2.94 bits per heavy atom. The second-order valence-electron chi connectivity index (χ2n) is 5.04. The van der Waals surface area contributed by atoms with Crippen LogP contribution in [0.15, 0.2) is 23.1 Å². The maximum absolute atomic E-state index is 13.2. The molecule has 3 unspecified atom stereocenters. The van der Waals surface area contributed by atoms with Crippen LogP contribution in [0.3, 0.4) is 0 Å². The van der Waals surface area contributed by atoms with Crippen LogP contribution in [-0.2, 0) is 10.8 Å². The topological polar surface area (TPSA) is 43.1 Å². The minimum atomic E-state index is -1.18. The van der Waals surface area contributed by atoms with Gasteiger partial charge in [0.2, 0.25) is 0 Å². The zero-order valence-corrected chi connectivity index (χ0v) is 11.5. The molecule has 2 rings (SSSR count). The highest BCUT2D eigenvalue weighted by Gasteiger charge is 2.27. The number of rotatable bonds is 3. The molecule has 0 amide bonds. The van der Waals surface area contributed by atoms with Gasteiger partial charge in [0, 0.05) is 10.9 Å². The van der Waals surface area contributed by atoms with E-state index in [1.165, 1.54) is 24.6 Å². The number of nitrogen functional groups attached to an aromatic ring is 1. The number of hydrogen-bond donors (Lipinski definition) is 1. The van der Waals surface area contributed by atoms with Gasteiger partial charge in [0.15, 0.2) is 0 Å². The van der Waals surface area contributed by atoms with Gasteiger partial charge in [0.1, 0.15) is 5.82 Å². The van der Waals surface area contributed by atoms with Crippen molar-refractivity contribution in [1.29, 1.82) is 0 Å². The average molecular weight is 269 g/mol. The highest BCUT2D eigenvalue weighted by atomic mass is 32.2. The van der Waals surface area contributed by atoms with Crippen molar-refractivity contribution >= 4 is 16.5 Å². The molecule has 2 nitrogen and oxygen atoms in total.